The maximum atomic E-state index is 9.76. The number of nitriles is 1. The highest BCUT2D eigenvalue weighted by Crippen LogP contribution is 2.37. The molecule has 0 aliphatic carbocycles. The number of nitrogens with zero attached hydrogens (tertiary/aromatic N) is 5. The smallest absolute Gasteiger partial charge is 0.162 e. The number of nitrogen functional groups attached to an aromatic ring is 1. The Balaban J connectivity index is 1.67. The molecule has 0 radical (unpaired) electrons. The van der Waals surface area contributed by atoms with E-state index in [2.05, 4.69) is 21.3 Å². The van der Waals surface area contributed by atoms with E-state index in [0.717, 1.165) is 16.8 Å². The van der Waals surface area contributed by atoms with Crippen LogP contribution in [-0.2, 0) is 4.74 Å². The van der Waals surface area contributed by atoms with E-state index in [-0.39, 0.29) is 11.8 Å². The summed E-state index contributed by atoms with van der Waals surface area (Å²) in [4.78, 5) is 6.53. The second kappa shape index (κ2) is 10.6. The molecule has 4 rings (SSSR count). The first-order valence-electron chi connectivity index (χ1n) is 11.6. The van der Waals surface area contributed by atoms with Crippen molar-refractivity contribution < 1.29 is 14.2 Å². The zero-order valence-corrected chi connectivity index (χ0v) is 20.8. The molecule has 1 aliphatic heterocycles. The molecule has 1 saturated heterocycles. The lowest BCUT2D eigenvalue weighted by atomic mass is 10.00. The number of nitrogens with two attached hydrogens (primary N) is 1. The largest absolute Gasteiger partial charge is 0.493 e. The summed E-state index contributed by atoms with van der Waals surface area (Å²) in [6.07, 6.45) is 2.94. The van der Waals surface area contributed by atoms with Gasteiger partial charge in [0.15, 0.2) is 11.5 Å². The van der Waals surface area contributed by atoms with Crippen LogP contribution in [0.4, 0.5) is 11.5 Å². The molecule has 1 atom stereocenters. The van der Waals surface area contributed by atoms with Crippen LogP contribution >= 0.6 is 0 Å². The number of pyridine rings is 1. The van der Waals surface area contributed by atoms with Crippen molar-refractivity contribution in [3.8, 4) is 17.6 Å². The van der Waals surface area contributed by atoms with E-state index < -0.39 is 0 Å². The van der Waals surface area contributed by atoms with Gasteiger partial charge in [-0.2, -0.15) is 15.5 Å². The highest BCUT2D eigenvalue weighted by atomic mass is 16.5. The Kier molecular flexibility index (Phi) is 7.31. The van der Waals surface area contributed by atoms with Gasteiger partial charge in [-0.1, -0.05) is 0 Å². The zero-order valence-electron chi connectivity index (χ0n) is 20.8. The second-order valence-electron chi connectivity index (χ2n) is 8.56. The number of hydrogen-bond donors (Lipinski definition) is 2. The summed E-state index contributed by atoms with van der Waals surface area (Å²) in [5, 5.41) is 26.7. The van der Waals surface area contributed by atoms with Crippen LogP contribution in [-0.4, -0.2) is 54.3 Å². The van der Waals surface area contributed by atoms with E-state index in [1.165, 1.54) is 7.11 Å². The first kappa shape index (κ1) is 24.9. The Morgan fingerprint density at radius 1 is 1.19 bits per heavy atom. The third-order valence-electron chi connectivity index (χ3n) is 6.18. The van der Waals surface area contributed by atoms with Gasteiger partial charge in [-0.15, -0.1) is 0 Å². The number of morpholine rings is 1. The Morgan fingerprint density at radius 3 is 2.61 bits per heavy atom. The van der Waals surface area contributed by atoms with Gasteiger partial charge in [-0.05, 0) is 38.5 Å². The van der Waals surface area contributed by atoms with Gasteiger partial charge in [0.05, 0.1) is 43.5 Å². The minimum atomic E-state index is -0.347. The SMILES string of the molecule is COc1cc(N)c(C(=N)c2cnc(N3CCOCC3)c(C#N)c2)cc1O[C@H](C)c1c(C)cnnc1C. The van der Waals surface area contributed by atoms with Crippen molar-refractivity contribution in [2.24, 2.45) is 0 Å². The summed E-state index contributed by atoms with van der Waals surface area (Å²) in [6, 6.07) is 7.20. The number of methoxy groups -OCH3 is 1. The molecule has 0 saturated carbocycles. The van der Waals surface area contributed by atoms with Gasteiger partial charge in [-0.3, -0.25) is 5.41 Å². The number of aryl methyl sites for hydroxylation is 2. The standard InChI is InChI=1S/C26H29N7O3/c1-15-13-31-32-16(2)24(15)17(3)36-23-10-20(21(28)11-22(23)34-4)25(29)19-9-18(12-27)26(30-14-19)33-5-7-35-8-6-33/h9-11,13-14,17,29H,5-8,28H2,1-4H3/t17-/m1/s1. The van der Waals surface area contributed by atoms with Crippen molar-refractivity contribution in [1.29, 1.82) is 10.7 Å². The van der Waals surface area contributed by atoms with Gasteiger partial charge in [0, 0.05) is 47.7 Å². The molecule has 3 N–H and O–H groups in total. The van der Waals surface area contributed by atoms with Gasteiger partial charge < -0.3 is 24.8 Å². The molecule has 2 aromatic heterocycles. The lowest BCUT2D eigenvalue weighted by Gasteiger charge is -2.28. The van der Waals surface area contributed by atoms with Crippen molar-refractivity contribution in [2.75, 3.05) is 44.0 Å². The molecular weight excluding hydrogens is 458 g/mol. The van der Waals surface area contributed by atoms with E-state index in [9.17, 15) is 5.26 Å². The van der Waals surface area contributed by atoms with Gasteiger partial charge in [0.2, 0.25) is 0 Å². The molecule has 3 heterocycles. The van der Waals surface area contributed by atoms with Crippen LogP contribution in [0.3, 0.4) is 0 Å². The summed E-state index contributed by atoms with van der Waals surface area (Å²) >= 11 is 0. The molecule has 0 unspecified atom stereocenters. The van der Waals surface area contributed by atoms with Crippen LogP contribution in [0.15, 0.2) is 30.6 Å². The fourth-order valence-corrected chi connectivity index (χ4v) is 4.38. The maximum Gasteiger partial charge on any atom is 0.162 e. The van der Waals surface area contributed by atoms with E-state index in [1.54, 1.807) is 30.6 Å². The van der Waals surface area contributed by atoms with Gasteiger partial charge in [0.25, 0.3) is 0 Å². The summed E-state index contributed by atoms with van der Waals surface area (Å²) in [7, 11) is 1.54. The van der Waals surface area contributed by atoms with Crippen LogP contribution in [0.25, 0.3) is 0 Å². The average Bonchev–Trinajstić information content (AvgIpc) is 2.89. The number of hydrogen-bond acceptors (Lipinski definition) is 10. The van der Waals surface area contributed by atoms with Crippen molar-refractivity contribution in [1.82, 2.24) is 15.2 Å². The predicted octanol–water partition coefficient (Wildman–Crippen LogP) is 3.34. The van der Waals surface area contributed by atoms with Crippen molar-refractivity contribution >= 4 is 17.2 Å². The molecular formula is C26H29N7O3. The van der Waals surface area contributed by atoms with Gasteiger partial charge >= 0.3 is 0 Å². The molecule has 0 spiro atoms. The molecule has 10 heteroatoms. The monoisotopic (exact) mass is 487 g/mol. The number of anilines is 2. The topological polar surface area (TPSA) is 143 Å². The minimum Gasteiger partial charge on any atom is -0.493 e. The molecule has 1 aromatic carbocycles. The highest BCUT2D eigenvalue weighted by Gasteiger charge is 2.22. The first-order valence-corrected chi connectivity index (χ1v) is 11.6. The van der Waals surface area contributed by atoms with E-state index in [0.29, 0.717) is 66.0 Å². The second-order valence-corrected chi connectivity index (χ2v) is 8.56. The van der Waals surface area contributed by atoms with Crippen LogP contribution in [0.2, 0.25) is 0 Å². The molecule has 10 nitrogen and oxygen atoms in total. The van der Waals surface area contributed by atoms with Gasteiger partial charge in [-0.25, -0.2) is 4.98 Å². The first-order chi connectivity index (χ1) is 17.3. The third kappa shape index (κ3) is 4.92. The number of aromatic nitrogens is 3. The molecule has 1 fully saturated rings. The summed E-state index contributed by atoms with van der Waals surface area (Å²) in [5.41, 5.74) is 10.8. The van der Waals surface area contributed by atoms with E-state index >= 15 is 0 Å². The summed E-state index contributed by atoms with van der Waals surface area (Å²) in [5.74, 6) is 1.48. The molecule has 36 heavy (non-hydrogen) atoms. The van der Waals surface area contributed by atoms with E-state index in [4.69, 9.17) is 25.4 Å². The van der Waals surface area contributed by atoms with Crippen molar-refractivity contribution in [3.05, 3.63) is 64.1 Å². The minimum absolute atomic E-state index is 0.128. The number of rotatable bonds is 7. The zero-order chi connectivity index (χ0) is 25.8. The number of ether oxygens (including phenoxy) is 3. The van der Waals surface area contributed by atoms with Crippen LogP contribution < -0.4 is 20.1 Å². The lowest BCUT2D eigenvalue weighted by Crippen LogP contribution is -2.37. The normalized spacial score (nSPS) is 14.1. The van der Waals surface area contributed by atoms with Crippen molar-refractivity contribution in [3.63, 3.8) is 0 Å². The lowest BCUT2D eigenvalue weighted by molar-refractivity contribution is 0.122. The molecule has 1 aliphatic rings. The Hall–Kier alpha value is -4.23. The molecule has 0 bridgehead atoms. The summed E-state index contributed by atoms with van der Waals surface area (Å²) < 4.78 is 17.2. The fraction of sp³-hybridized carbons (Fsp3) is 0.346. The Bertz CT molecular complexity index is 1310. The Labute approximate surface area is 210 Å². The van der Waals surface area contributed by atoms with E-state index in [1.807, 2.05) is 25.7 Å². The van der Waals surface area contributed by atoms with Crippen LogP contribution in [0.5, 0.6) is 11.5 Å². The number of nitrogens with one attached hydrogen (secondary N) is 1. The van der Waals surface area contributed by atoms with Gasteiger partial charge in [0.1, 0.15) is 18.0 Å². The molecule has 3 aromatic rings. The maximum absolute atomic E-state index is 9.76. The summed E-state index contributed by atoms with van der Waals surface area (Å²) in [6.45, 7) is 8.26. The Morgan fingerprint density at radius 2 is 1.94 bits per heavy atom. The van der Waals surface area contributed by atoms with Crippen LogP contribution in [0.1, 0.15) is 46.5 Å². The molecule has 0 amide bonds. The predicted molar refractivity (Wildman–Crippen MR) is 136 cm³/mol. The third-order valence-corrected chi connectivity index (χ3v) is 6.18. The van der Waals surface area contributed by atoms with Crippen LogP contribution in [0, 0.1) is 30.6 Å². The number of benzene rings is 1. The highest BCUT2D eigenvalue weighted by molar-refractivity contribution is 6.14. The molecule has 186 valence electrons. The quantitative estimate of drug-likeness (QED) is 0.379. The fourth-order valence-electron chi connectivity index (χ4n) is 4.38. The van der Waals surface area contributed by atoms with Crippen molar-refractivity contribution in [2.45, 2.75) is 26.9 Å². The average molecular weight is 488 g/mol.